The van der Waals surface area contributed by atoms with Gasteiger partial charge < -0.3 is 5.73 Å². The van der Waals surface area contributed by atoms with Crippen LogP contribution in [0.3, 0.4) is 0 Å². The van der Waals surface area contributed by atoms with Crippen molar-refractivity contribution in [1.29, 1.82) is 0 Å². The number of allylic oxidation sites excluding steroid dienone is 2. The van der Waals surface area contributed by atoms with E-state index in [1.54, 1.807) is 30.5 Å². The van der Waals surface area contributed by atoms with Crippen molar-refractivity contribution in [1.82, 2.24) is 15.4 Å². The summed E-state index contributed by atoms with van der Waals surface area (Å²) in [6, 6.07) is 6.68. The number of rotatable bonds is 8. The van der Waals surface area contributed by atoms with Crippen LogP contribution in [0.1, 0.15) is 26.0 Å². The lowest BCUT2D eigenvalue weighted by atomic mass is 10.2. The molecule has 32 heavy (non-hydrogen) atoms. The zero-order valence-corrected chi connectivity index (χ0v) is 17.2. The molecule has 0 unspecified atom stereocenters. The summed E-state index contributed by atoms with van der Waals surface area (Å²) < 4.78 is 0. The van der Waals surface area contributed by atoms with E-state index in [1.807, 2.05) is 0 Å². The monoisotopic (exact) mass is 488 g/mol. The highest BCUT2D eigenvalue weighted by molar-refractivity contribution is 6.29. The van der Waals surface area contributed by atoms with Crippen LogP contribution in [0.4, 0.5) is 0 Å². The van der Waals surface area contributed by atoms with E-state index in [0.29, 0.717) is 28.8 Å². The van der Waals surface area contributed by atoms with Crippen molar-refractivity contribution < 1.29 is 14.7 Å². The summed E-state index contributed by atoms with van der Waals surface area (Å²) in [6.07, 6.45) is 5.31. The number of nitrogens with two attached hydrogens (primary N) is 1. The molecule has 11 nitrogen and oxygen atoms in total. The zero-order valence-electron chi connectivity index (χ0n) is 15.7. The second kappa shape index (κ2) is 16.4. The van der Waals surface area contributed by atoms with Crippen LogP contribution >= 0.6 is 23.2 Å². The van der Waals surface area contributed by atoms with Gasteiger partial charge in [0.2, 0.25) is 0 Å². The smallest absolute Gasteiger partial charge is 0.255 e. The van der Waals surface area contributed by atoms with E-state index < -0.39 is 9.85 Å². The first-order valence-electron chi connectivity index (χ1n) is 8.13. The van der Waals surface area contributed by atoms with Crippen molar-refractivity contribution in [2.45, 2.75) is 27.7 Å². The molecule has 0 atom stereocenters. The third-order valence-electron chi connectivity index (χ3n) is 3.15. The summed E-state index contributed by atoms with van der Waals surface area (Å²) in [5.41, 5.74) is 9.93. The Morgan fingerprint density at radius 3 is 1.84 bits per heavy atom. The minimum Gasteiger partial charge on any atom is -0.397 e. The predicted molar refractivity (Wildman–Crippen MR) is 124 cm³/mol. The van der Waals surface area contributed by atoms with Gasteiger partial charge >= 0.3 is 0 Å². The molecule has 2 heterocycles. The normalized spacial score (nSPS) is 10.6. The molecule has 3 N–H and O–H groups in total. The van der Waals surface area contributed by atoms with E-state index in [1.165, 1.54) is 13.3 Å². The Balaban J connectivity index is 0. The van der Waals surface area contributed by atoms with Gasteiger partial charge in [-0.15, -0.1) is 0 Å². The second-order valence-corrected chi connectivity index (χ2v) is 6.34. The maximum atomic E-state index is 10.3. The molecule has 176 valence electrons. The van der Waals surface area contributed by atoms with Gasteiger partial charge in [0.15, 0.2) is 0 Å². The maximum absolute atomic E-state index is 10.3. The zero-order chi connectivity index (χ0) is 22.5. The highest BCUT2D eigenvalue weighted by Crippen LogP contribution is 2.09. The number of pyridine rings is 2. The van der Waals surface area contributed by atoms with E-state index >= 15 is 0 Å². The van der Waals surface area contributed by atoms with Crippen molar-refractivity contribution in [3.63, 3.8) is 0 Å². The van der Waals surface area contributed by atoms with Gasteiger partial charge in [0.05, 0.1) is 22.7 Å². The Morgan fingerprint density at radius 1 is 1.00 bits per heavy atom. The second-order valence-electron chi connectivity index (χ2n) is 5.57. The standard InChI is InChI=1S/C9H10ClN3O3.C8H8ClN3O2.2CH4/c1-16-12-8(6-13(14)15)4-7-2-3-9(10)11-5-7;9-8-2-1-6(4-11-8)3-7(10)5-12(13)14;;/h2-3,5-6,12H,4H2,1H3;1-2,4-5H,3,10H2;2*1H4/b8-6+;7-5+;;. The third kappa shape index (κ3) is 13.9. The molecule has 2 aromatic heterocycles. The van der Waals surface area contributed by atoms with Gasteiger partial charge in [0.1, 0.15) is 16.0 Å². The lowest BCUT2D eigenvalue weighted by molar-refractivity contribution is -0.404. The van der Waals surface area contributed by atoms with Gasteiger partial charge in [0.25, 0.3) is 12.4 Å². The van der Waals surface area contributed by atoms with Gasteiger partial charge in [-0.05, 0) is 23.3 Å². The topological polar surface area (TPSA) is 159 Å². The number of hydrogen-bond acceptors (Lipinski definition) is 9. The number of hydroxylamine groups is 1. The molecule has 0 spiro atoms. The Hall–Kier alpha value is -3.28. The van der Waals surface area contributed by atoms with Crippen LogP contribution in [0.2, 0.25) is 10.3 Å². The van der Waals surface area contributed by atoms with Crippen molar-refractivity contribution in [2.24, 2.45) is 5.73 Å². The average Bonchev–Trinajstić information content (AvgIpc) is 2.65. The minimum atomic E-state index is -0.585. The molecule has 0 aliphatic heterocycles. The van der Waals surface area contributed by atoms with Gasteiger partial charge in [-0.2, -0.15) is 0 Å². The molecular formula is C19H26Cl2N6O5. The molecular weight excluding hydrogens is 463 g/mol. The van der Waals surface area contributed by atoms with Crippen molar-refractivity contribution in [2.75, 3.05) is 7.11 Å². The molecule has 0 aliphatic carbocycles. The predicted octanol–water partition coefficient (Wildman–Crippen LogP) is 4.17. The molecule has 0 bridgehead atoms. The largest absolute Gasteiger partial charge is 0.397 e. The van der Waals surface area contributed by atoms with Gasteiger partial charge in [0, 0.05) is 25.2 Å². The van der Waals surface area contributed by atoms with Crippen LogP contribution < -0.4 is 11.2 Å². The molecule has 0 amide bonds. The molecule has 2 rings (SSSR count). The summed E-state index contributed by atoms with van der Waals surface area (Å²) in [5, 5.41) is 21.2. The Morgan fingerprint density at radius 2 is 1.47 bits per heavy atom. The number of hydrogen-bond donors (Lipinski definition) is 2. The van der Waals surface area contributed by atoms with Gasteiger partial charge in [-0.25, -0.2) is 9.97 Å². The first kappa shape index (κ1) is 30.9. The van der Waals surface area contributed by atoms with Crippen LogP contribution in [-0.2, 0) is 17.7 Å². The number of aromatic nitrogens is 2. The summed E-state index contributed by atoms with van der Waals surface area (Å²) in [4.78, 5) is 31.6. The van der Waals surface area contributed by atoms with Crippen LogP contribution in [-0.4, -0.2) is 26.9 Å². The van der Waals surface area contributed by atoms with Crippen LogP contribution in [0.15, 0.2) is 60.5 Å². The third-order valence-corrected chi connectivity index (χ3v) is 3.59. The molecule has 0 aliphatic rings. The van der Waals surface area contributed by atoms with E-state index in [-0.39, 0.29) is 20.6 Å². The van der Waals surface area contributed by atoms with Gasteiger partial charge in [-0.3, -0.25) is 30.5 Å². The SMILES string of the molecule is C.C.CON/C(=C/[N+](=O)[O-])Cc1ccc(Cl)nc1.N/C(=C/[N+](=O)[O-])Cc1ccc(Cl)nc1. The van der Waals surface area contributed by atoms with Crippen LogP contribution in [0.25, 0.3) is 0 Å². The van der Waals surface area contributed by atoms with Crippen molar-refractivity contribution in [3.8, 4) is 0 Å². The van der Waals surface area contributed by atoms with E-state index in [9.17, 15) is 20.2 Å². The molecule has 0 fully saturated rings. The molecule has 0 aromatic carbocycles. The fraction of sp³-hybridized carbons (Fsp3) is 0.263. The summed E-state index contributed by atoms with van der Waals surface area (Å²) in [7, 11) is 1.38. The van der Waals surface area contributed by atoms with Gasteiger partial charge in [-0.1, -0.05) is 50.2 Å². The summed E-state index contributed by atoms with van der Waals surface area (Å²) in [6.45, 7) is 0. The number of nitro groups is 2. The van der Waals surface area contributed by atoms with Crippen molar-refractivity contribution in [3.05, 3.63) is 102 Å². The maximum Gasteiger partial charge on any atom is 0.255 e. The Kier molecular flexibility index (Phi) is 15.9. The van der Waals surface area contributed by atoms with Crippen molar-refractivity contribution >= 4 is 23.2 Å². The highest BCUT2D eigenvalue weighted by atomic mass is 35.5. The molecule has 0 radical (unpaired) electrons. The fourth-order valence-electron chi connectivity index (χ4n) is 2.03. The Bertz CT molecular complexity index is 905. The van der Waals surface area contributed by atoms with E-state index in [0.717, 1.165) is 23.5 Å². The molecule has 2 aromatic rings. The molecule has 13 heteroatoms. The average molecular weight is 489 g/mol. The number of nitrogens with one attached hydrogen (secondary N) is 1. The van der Waals surface area contributed by atoms with E-state index in [2.05, 4.69) is 20.3 Å². The van der Waals surface area contributed by atoms with Crippen LogP contribution in [0, 0.1) is 20.2 Å². The molecule has 0 saturated heterocycles. The summed E-state index contributed by atoms with van der Waals surface area (Å²) >= 11 is 11.2. The number of halogens is 2. The Labute approximate surface area is 196 Å². The quantitative estimate of drug-likeness (QED) is 0.315. The number of nitrogens with zero attached hydrogens (tertiary/aromatic N) is 4. The highest BCUT2D eigenvalue weighted by Gasteiger charge is 2.05. The lowest BCUT2D eigenvalue weighted by Gasteiger charge is -2.05. The van der Waals surface area contributed by atoms with Crippen LogP contribution in [0.5, 0.6) is 0 Å². The lowest BCUT2D eigenvalue weighted by Crippen LogP contribution is -2.14. The fourth-order valence-corrected chi connectivity index (χ4v) is 2.25. The molecule has 0 saturated carbocycles. The first-order chi connectivity index (χ1) is 14.2. The first-order valence-corrected chi connectivity index (χ1v) is 8.89. The summed E-state index contributed by atoms with van der Waals surface area (Å²) in [5.74, 6) is 0. The van der Waals surface area contributed by atoms with E-state index in [4.69, 9.17) is 28.9 Å². The minimum absolute atomic E-state index is 0.